The van der Waals surface area contributed by atoms with E-state index in [0.29, 0.717) is 19.6 Å². The van der Waals surface area contributed by atoms with Crippen LogP contribution in [-0.2, 0) is 34.8 Å². The molecule has 11 nitrogen and oxygen atoms in total. The van der Waals surface area contributed by atoms with E-state index in [4.69, 9.17) is 23.4 Å². The van der Waals surface area contributed by atoms with Gasteiger partial charge in [0.25, 0.3) is 0 Å². The summed E-state index contributed by atoms with van der Waals surface area (Å²) >= 11 is 0. The molecule has 0 radical (unpaired) electrons. The highest BCUT2D eigenvalue weighted by molar-refractivity contribution is 6.77. The second-order valence-corrected chi connectivity index (χ2v) is 22.7. The average Bonchev–Trinajstić information content (AvgIpc) is 3.69. The number of amides is 1. The quantitative estimate of drug-likeness (QED) is 0.0344. The molecule has 1 heterocycles. The van der Waals surface area contributed by atoms with Crippen molar-refractivity contribution in [1.82, 2.24) is 4.90 Å². The van der Waals surface area contributed by atoms with Crippen molar-refractivity contribution < 1.29 is 33.0 Å². The van der Waals surface area contributed by atoms with Crippen LogP contribution in [0.3, 0.4) is 0 Å². The van der Waals surface area contributed by atoms with Crippen LogP contribution in [0.25, 0.3) is 21.6 Å². The second kappa shape index (κ2) is 20.3. The minimum atomic E-state index is -2.38. The zero-order valence-electron chi connectivity index (χ0n) is 35.9. The molecular formula is C46H64N4O7Si. The van der Waals surface area contributed by atoms with Crippen LogP contribution in [0.15, 0.2) is 84.0 Å². The summed E-state index contributed by atoms with van der Waals surface area (Å²) in [6.45, 7) is 19.3. The lowest BCUT2D eigenvalue weighted by Crippen LogP contribution is -2.51. The molecule has 1 saturated heterocycles. The Morgan fingerprint density at radius 1 is 0.828 bits per heavy atom. The van der Waals surface area contributed by atoms with Gasteiger partial charge in [0.15, 0.2) is 17.7 Å². The Bertz CT molecular complexity index is 1800. The molecule has 5 rings (SSSR count). The first-order valence-electron chi connectivity index (χ1n) is 21.0. The third-order valence-electron chi connectivity index (χ3n) is 11.8. The van der Waals surface area contributed by atoms with Gasteiger partial charge in [0.05, 0.1) is 25.4 Å². The van der Waals surface area contributed by atoms with Gasteiger partial charge in [-0.2, -0.15) is 0 Å². The summed E-state index contributed by atoms with van der Waals surface area (Å²) in [5.74, 6) is -1.41. The summed E-state index contributed by atoms with van der Waals surface area (Å²) < 4.78 is 31.7. The zero-order valence-corrected chi connectivity index (χ0v) is 36.9. The van der Waals surface area contributed by atoms with E-state index in [0.717, 1.165) is 47.1 Å². The molecule has 3 aromatic rings. The Morgan fingerprint density at radius 3 is 2.00 bits per heavy atom. The molecule has 0 saturated carbocycles. The highest BCUT2D eigenvalue weighted by Gasteiger charge is 2.51. The molecular weight excluding hydrogens is 749 g/mol. The van der Waals surface area contributed by atoms with E-state index in [2.05, 4.69) is 70.6 Å². The summed E-state index contributed by atoms with van der Waals surface area (Å²) in [6.07, 6.45) is 0.204. The number of rotatable bonds is 21. The van der Waals surface area contributed by atoms with E-state index in [1.807, 2.05) is 66.7 Å². The fraction of sp³-hybridized carbons (Fsp3) is 0.565. The van der Waals surface area contributed by atoms with Gasteiger partial charge < -0.3 is 28.3 Å². The van der Waals surface area contributed by atoms with Gasteiger partial charge in [0.2, 0.25) is 8.32 Å². The van der Waals surface area contributed by atoms with Crippen LogP contribution in [0.1, 0.15) is 111 Å². The molecule has 2 aliphatic rings. The number of hydrogen-bond acceptors (Lipinski definition) is 8. The van der Waals surface area contributed by atoms with Gasteiger partial charge >= 0.3 is 6.09 Å². The van der Waals surface area contributed by atoms with Crippen molar-refractivity contribution in [2.45, 2.75) is 147 Å². The molecule has 0 bridgehead atoms. The number of azide groups is 1. The number of unbranched alkanes of at least 4 members (excludes halogenated alkanes) is 2. The molecule has 4 atom stereocenters. The molecule has 58 heavy (non-hydrogen) atoms. The summed E-state index contributed by atoms with van der Waals surface area (Å²) in [5.41, 5.74) is 15.7. The highest BCUT2D eigenvalue weighted by Crippen LogP contribution is 2.46. The zero-order chi connectivity index (χ0) is 42.0. The molecule has 12 heteroatoms. The van der Waals surface area contributed by atoms with Crippen LogP contribution in [0.4, 0.5) is 4.79 Å². The summed E-state index contributed by atoms with van der Waals surface area (Å²) in [7, 11) is -2.38. The van der Waals surface area contributed by atoms with Crippen LogP contribution < -0.4 is 0 Å². The molecule has 0 aromatic heterocycles. The molecule has 0 N–H and O–H groups in total. The van der Waals surface area contributed by atoms with E-state index >= 15 is 0 Å². The second-order valence-electron chi connectivity index (χ2n) is 17.2. The van der Waals surface area contributed by atoms with Crippen LogP contribution in [0.2, 0.25) is 16.6 Å². The maximum Gasteiger partial charge on any atom is 0.410 e. The van der Waals surface area contributed by atoms with Gasteiger partial charge in [-0.25, -0.2) is 4.79 Å². The van der Waals surface area contributed by atoms with Gasteiger partial charge in [-0.05, 0) is 72.5 Å². The average molecular weight is 813 g/mol. The number of fused-ring (bicyclic) bond motifs is 3. The third-order valence-corrected chi connectivity index (χ3v) is 17.8. The number of carbonyl (C=O) groups excluding carboxylic acids is 2. The third kappa shape index (κ3) is 10.8. The normalized spacial score (nSPS) is 18.5. The number of ether oxygens (including phenoxy) is 4. The lowest BCUT2D eigenvalue weighted by Gasteiger charge is -2.42. The summed E-state index contributed by atoms with van der Waals surface area (Å²) in [5, 5.41) is 4.16. The number of Topliss-reactive ketones (excluding diaryl/α,β-unsaturated/α-hetero) is 1. The SMILES string of the molecule is CC(CCCCCN(C[C@H](N=[N+]=[N-])[C@H]1OC(C)(C)O[C@H]1C(=O)CO[Si](C(C)C)(C(C)C)C(C)C)C(=O)OC1c2ccccc2-c2ccccc21)OCc1ccccc1. The Labute approximate surface area is 346 Å². The number of ketones is 1. The van der Waals surface area contributed by atoms with Crippen LogP contribution >= 0.6 is 0 Å². The monoisotopic (exact) mass is 812 g/mol. The molecule has 3 aromatic carbocycles. The van der Waals surface area contributed by atoms with E-state index in [9.17, 15) is 15.1 Å². The van der Waals surface area contributed by atoms with Crippen molar-refractivity contribution in [3.05, 3.63) is 106 Å². The van der Waals surface area contributed by atoms with Gasteiger partial charge in [-0.3, -0.25) is 4.79 Å². The van der Waals surface area contributed by atoms with E-state index < -0.39 is 44.6 Å². The first-order valence-corrected chi connectivity index (χ1v) is 23.2. The topological polar surface area (TPSA) is 132 Å². The number of carbonyl (C=O) groups is 2. The molecule has 1 fully saturated rings. The fourth-order valence-electron chi connectivity index (χ4n) is 9.07. The van der Waals surface area contributed by atoms with Crippen molar-refractivity contribution in [3.8, 4) is 11.1 Å². The first kappa shape index (κ1) is 45.1. The molecule has 1 amide bonds. The van der Waals surface area contributed by atoms with Crippen molar-refractivity contribution >= 4 is 20.2 Å². The Kier molecular flexibility index (Phi) is 15.8. The first-order chi connectivity index (χ1) is 27.7. The predicted octanol–water partition coefficient (Wildman–Crippen LogP) is 11.3. The van der Waals surface area contributed by atoms with Gasteiger partial charge in [0, 0.05) is 29.1 Å². The maximum atomic E-state index is 14.4. The van der Waals surface area contributed by atoms with Gasteiger partial charge in [0.1, 0.15) is 12.2 Å². The summed E-state index contributed by atoms with van der Waals surface area (Å²) in [6, 6.07) is 25.1. The standard InChI is InChI=1S/C46H64N4O7Si/c1-31(2)58(32(3)4,33(5)6)54-30-41(51)44-43(56-46(8,9)57-44)40(48-49-47)28-50(27-19-11-12-20-34(7)53-29-35-21-13-10-14-22-35)45(52)55-42-38-25-17-15-23-36(38)37-24-16-18-26-39(37)42/h10,13-18,21-26,31-34,40,42-44H,11-12,19-20,27-30H2,1-9H3/t34?,40-,43+,44-/m0/s1. The van der Waals surface area contributed by atoms with E-state index in [1.54, 1.807) is 18.7 Å². The van der Waals surface area contributed by atoms with Crippen LogP contribution in [0.5, 0.6) is 0 Å². The Morgan fingerprint density at radius 2 is 1.41 bits per heavy atom. The number of hydrogen-bond donors (Lipinski definition) is 0. The minimum absolute atomic E-state index is 0.0348. The predicted molar refractivity (Wildman–Crippen MR) is 230 cm³/mol. The largest absolute Gasteiger partial charge is 0.436 e. The lowest BCUT2D eigenvalue weighted by atomic mass is 10.0. The fourth-order valence-corrected chi connectivity index (χ4v) is 14.5. The number of benzene rings is 3. The van der Waals surface area contributed by atoms with Crippen molar-refractivity contribution in [2.24, 2.45) is 5.11 Å². The van der Waals surface area contributed by atoms with Crippen LogP contribution in [-0.4, -0.2) is 74.9 Å². The highest BCUT2D eigenvalue weighted by atomic mass is 28.4. The Balaban J connectivity index is 1.33. The summed E-state index contributed by atoms with van der Waals surface area (Å²) in [4.78, 5) is 33.3. The van der Waals surface area contributed by atoms with Gasteiger partial charge in [-0.15, -0.1) is 0 Å². The van der Waals surface area contributed by atoms with E-state index in [-0.39, 0.29) is 41.7 Å². The lowest BCUT2D eigenvalue weighted by molar-refractivity contribution is -0.156. The van der Waals surface area contributed by atoms with Crippen molar-refractivity contribution in [3.63, 3.8) is 0 Å². The van der Waals surface area contributed by atoms with Crippen LogP contribution in [0, 0.1) is 0 Å². The van der Waals surface area contributed by atoms with Crippen molar-refractivity contribution in [1.29, 1.82) is 0 Å². The van der Waals surface area contributed by atoms with Gasteiger partial charge in [-0.1, -0.05) is 138 Å². The molecule has 1 aliphatic heterocycles. The number of nitrogens with zero attached hydrogens (tertiary/aromatic N) is 4. The molecule has 314 valence electrons. The molecule has 0 spiro atoms. The smallest absolute Gasteiger partial charge is 0.410 e. The minimum Gasteiger partial charge on any atom is -0.436 e. The molecule has 1 aliphatic carbocycles. The maximum absolute atomic E-state index is 14.4. The van der Waals surface area contributed by atoms with Crippen molar-refractivity contribution in [2.75, 3.05) is 19.7 Å². The Hall–Kier alpha value is -4.03. The molecule has 1 unspecified atom stereocenters. The van der Waals surface area contributed by atoms with E-state index in [1.165, 1.54) is 0 Å².